The van der Waals surface area contributed by atoms with Gasteiger partial charge in [-0.15, -0.1) is 0 Å². The summed E-state index contributed by atoms with van der Waals surface area (Å²) in [4.78, 5) is 19.2. The first kappa shape index (κ1) is 13.4. The average Bonchev–Trinajstić information content (AvgIpc) is 2.94. The van der Waals surface area contributed by atoms with Crippen molar-refractivity contribution in [3.05, 3.63) is 46.8 Å². The molecule has 1 aliphatic heterocycles. The van der Waals surface area contributed by atoms with E-state index in [2.05, 4.69) is 14.8 Å². The normalized spacial score (nSPS) is 15.3. The van der Waals surface area contributed by atoms with Crippen molar-refractivity contribution in [3.8, 4) is 0 Å². The molecule has 1 aliphatic rings. The lowest BCUT2D eigenvalue weighted by Crippen LogP contribution is -2.47. The maximum atomic E-state index is 10.7. The number of hydrogen-bond donors (Lipinski definition) is 0. The summed E-state index contributed by atoms with van der Waals surface area (Å²) in [5, 5.41) is 10.7. The standard InChI is InChI=1S/C14H17N5O2/c1-16-7-6-15-14(16)18-10-8-17(9-11-18)12-2-4-13(5-3-12)19(20)21/h2-7H,8-11H2,1H3. The molecule has 0 saturated carbocycles. The van der Waals surface area contributed by atoms with E-state index in [-0.39, 0.29) is 10.6 Å². The number of nitrogens with zero attached hydrogens (tertiary/aromatic N) is 5. The van der Waals surface area contributed by atoms with Gasteiger partial charge in [0.25, 0.3) is 5.69 Å². The monoisotopic (exact) mass is 287 g/mol. The van der Waals surface area contributed by atoms with Gasteiger partial charge in [0.15, 0.2) is 0 Å². The fraction of sp³-hybridized carbons (Fsp3) is 0.357. The van der Waals surface area contributed by atoms with Gasteiger partial charge >= 0.3 is 0 Å². The van der Waals surface area contributed by atoms with Gasteiger partial charge in [0, 0.05) is 63.4 Å². The number of hydrogen-bond acceptors (Lipinski definition) is 5. The van der Waals surface area contributed by atoms with Crippen LogP contribution in [0.2, 0.25) is 0 Å². The lowest BCUT2D eigenvalue weighted by atomic mass is 10.2. The van der Waals surface area contributed by atoms with Gasteiger partial charge in [0.2, 0.25) is 5.95 Å². The zero-order valence-electron chi connectivity index (χ0n) is 11.8. The van der Waals surface area contributed by atoms with Gasteiger partial charge in [-0.1, -0.05) is 0 Å². The molecule has 0 radical (unpaired) electrons. The third-order valence-corrected chi connectivity index (χ3v) is 3.78. The molecule has 3 rings (SSSR count). The second-order valence-electron chi connectivity index (χ2n) is 5.09. The Bertz CT molecular complexity index is 629. The van der Waals surface area contributed by atoms with Crippen LogP contribution in [-0.4, -0.2) is 40.7 Å². The van der Waals surface area contributed by atoms with Crippen LogP contribution in [0.15, 0.2) is 36.7 Å². The zero-order chi connectivity index (χ0) is 14.8. The van der Waals surface area contributed by atoms with Crippen molar-refractivity contribution in [2.45, 2.75) is 0 Å². The Morgan fingerprint density at radius 2 is 1.71 bits per heavy atom. The first-order valence-electron chi connectivity index (χ1n) is 6.87. The van der Waals surface area contributed by atoms with Crippen LogP contribution in [0, 0.1) is 10.1 Å². The summed E-state index contributed by atoms with van der Waals surface area (Å²) in [6.45, 7) is 3.54. The molecular weight excluding hydrogens is 270 g/mol. The van der Waals surface area contributed by atoms with Gasteiger partial charge in [-0.25, -0.2) is 4.98 Å². The summed E-state index contributed by atoms with van der Waals surface area (Å²) in [6, 6.07) is 6.74. The fourth-order valence-electron chi connectivity index (χ4n) is 2.61. The van der Waals surface area contributed by atoms with Crippen LogP contribution in [0.5, 0.6) is 0 Å². The SMILES string of the molecule is Cn1ccnc1N1CCN(c2ccc([N+](=O)[O-])cc2)CC1. The second kappa shape index (κ2) is 5.43. The number of imidazole rings is 1. The number of benzene rings is 1. The van der Waals surface area contributed by atoms with Crippen LogP contribution in [0.4, 0.5) is 17.3 Å². The van der Waals surface area contributed by atoms with Crippen molar-refractivity contribution in [2.24, 2.45) is 7.05 Å². The topological polar surface area (TPSA) is 67.4 Å². The lowest BCUT2D eigenvalue weighted by Gasteiger charge is -2.36. The maximum Gasteiger partial charge on any atom is 0.269 e. The van der Waals surface area contributed by atoms with Crippen molar-refractivity contribution >= 4 is 17.3 Å². The molecule has 0 atom stereocenters. The minimum absolute atomic E-state index is 0.130. The Balaban J connectivity index is 1.65. The highest BCUT2D eigenvalue weighted by atomic mass is 16.6. The molecule has 0 N–H and O–H groups in total. The molecule has 1 aromatic carbocycles. The van der Waals surface area contributed by atoms with Crippen molar-refractivity contribution in [1.82, 2.24) is 9.55 Å². The molecule has 2 heterocycles. The van der Waals surface area contributed by atoms with E-state index in [1.807, 2.05) is 29.9 Å². The molecule has 21 heavy (non-hydrogen) atoms. The highest BCUT2D eigenvalue weighted by molar-refractivity contribution is 5.52. The molecule has 0 bridgehead atoms. The summed E-state index contributed by atoms with van der Waals surface area (Å²) < 4.78 is 2.02. The van der Waals surface area contributed by atoms with Crippen LogP contribution in [-0.2, 0) is 7.05 Å². The highest BCUT2D eigenvalue weighted by Crippen LogP contribution is 2.21. The van der Waals surface area contributed by atoms with Crippen molar-refractivity contribution in [3.63, 3.8) is 0 Å². The number of nitro groups is 1. The van der Waals surface area contributed by atoms with Crippen molar-refractivity contribution in [2.75, 3.05) is 36.0 Å². The molecule has 7 nitrogen and oxygen atoms in total. The maximum absolute atomic E-state index is 10.7. The molecule has 1 saturated heterocycles. The van der Waals surface area contributed by atoms with E-state index in [0.29, 0.717) is 0 Å². The summed E-state index contributed by atoms with van der Waals surface area (Å²) in [5.41, 5.74) is 1.16. The number of aryl methyl sites for hydroxylation is 1. The highest BCUT2D eigenvalue weighted by Gasteiger charge is 2.20. The number of nitro benzene ring substituents is 1. The Morgan fingerprint density at radius 3 is 2.24 bits per heavy atom. The zero-order valence-corrected chi connectivity index (χ0v) is 11.8. The van der Waals surface area contributed by atoms with Crippen LogP contribution in [0.25, 0.3) is 0 Å². The molecule has 7 heteroatoms. The largest absolute Gasteiger partial charge is 0.368 e. The predicted octanol–water partition coefficient (Wildman–Crippen LogP) is 1.65. The van der Waals surface area contributed by atoms with E-state index < -0.39 is 0 Å². The molecule has 0 unspecified atom stereocenters. The number of non-ortho nitro benzene ring substituents is 1. The molecule has 0 amide bonds. The Hall–Kier alpha value is -2.57. The van der Waals surface area contributed by atoms with Crippen LogP contribution in [0.1, 0.15) is 0 Å². The number of piperazine rings is 1. The Labute approximate surface area is 122 Å². The van der Waals surface area contributed by atoms with Crippen molar-refractivity contribution < 1.29 is 4.92 Å². The predicted molar refractivity (Wildman–Crippen MR) is 80.7 cm³/mol. The average molecular weight is 287 g/mol. The quantitative estimate of drug-likeness (QED) is 0.634. The Kier molecular flexibility index (Phi) is 3.47. The number of rotatable bonds is 3. The molecule has 0 spiro atoms. The van der Waals surface area contributed by atoms with E-state index >= 15 is 0 Å². The summed E-state index contributed by atoms with van der Waals surface area (Å²) in [7, 11) is 1.99. The van der Waals surface area contributed by atoms with Gasteiger partial charge in [-0.3, -0.25) is 10.1 Å². The summed E-state index contributed by atoms with van der Waals surface area (Å²) >= 11 is 0. The fourth-order valence-corrected chi connectivity index (χ4v) is 2.61. The number of anilines is 2. The summed E-state index contributed by atoms with van der Waals surface area (Å²) in [6.07, 6.45) is 3.75. The van der Waals surface area contributed by atoms with Gasteiger partial charge in [-0.05, 0) is 12.1 Å². The smallest absolute Gasteiger partial charge is 0.269 e. The second-order valence-corrected chi connectivity index (χ2v) is 5.09. The summed E-state index contributed by atoms with van der Waals surface area (Å²) in [5.74, 6) is 0.985. The van der Waals surface area contributed by atoms with E-state index in [1.165, 1.54) is 0 Å². The van der Waals surface area contributed by atoms with Crippen LogP contribution < -0.4 is 9.80 Å². The third-order valence-electron chi connectivity index (χ3n) is 3.78. The van der Waals surface area contributed by atoms with Gasteiger partial charge in [0.1, 0.15) is 0 Å². The number of aromatic nitrogens is 2. The Morgan fingerprint density at radius 1 is 1.10 bits per heavy atom. The van der Waals surface area contributed by atoms with E-state index in [1.54, 1.807) is 18.3 Å². The van der Waals surface area contributed by atoms with E-state index in [4.69, 9.17) is 0 Å². The third kappa shape index (κ3) is 2.67. The minimum Gasteiger partial charge on any atom is -0.368 e. The molecule has 110 valence electrons. The van der Waals surface area contributed by atoms with E-state index in [0.717, 1.165) is 37.8 Å². The molecule has 1 aromatic heterocycles. The van der Waals surface area contributed by atoms with Crippen LogP contribution >= 0.6 is 0 Å². The molecule has 1 fully saturated rings. The van der Waals surface area contributed by atoms with Crippen molar-refractivity contribution in [1.29, 1.82) is 0 Å². The minimum atomic E-state index is -0.372. The van der Waals surface area contributed by atoms with Gasteiger partial charge in [0.05, 0.1) is 4.92 Å². The first-order valence-corrected chi connectivity index (χ1v) is 6.87. The van der Waals surface area contributed by atoms with Gasteiger partial charge in [-0.2, -0.15) is 0 Å². The van der Waals surface area contributed by atoms with Crippen LogP contribution in [0.3, 0.4) is 0 Å². The lowest BCUT2D eigenvalue weighted by molar-refractivity contribution is -0.384. The van der Waals surface area contributed by atoms with E-state index in [9.17, 15) is 10.1 Å². The first-order chi connectivity index (χ1) is 10.1. The molecule has 2 aromatic rings. The van der Waals surface area contributed by atoms with Gasteiger partial charge < -0.3 is 14.4 Å². The molecule has 0 aliphatic carbocycles. The molecular formula is C14H17N5O2.